The quantitative estimate of drug-likeness (QED) is 0.707. The molecule has 9 heteroatoms. The third kappa shape index (κ3) is 4.46. The predicted molar refractivity (Wildman–Crippen MR) is 105 cm³/mol. The summed E-state index contributed by atoms with van der Waals surface area (Å²) >= 11 is 15.3. The fourth-order valence-corrected chi connectivity index (χ4v) is 3.43. The first kappa shape index (κ1) is 19.4. The minimum Gasteiger partial charge on any atom is -0.377 e. The smallest absolute Gasteiger partial charge is 0.245 e. The maximum absolute atomic E-state index is 12.9. The van der Waals surface area contributed by atoms with Gasteiger partial charge >= 0.3 is 0 Å². The summed E-state index contributed by atoms with van der Waals surface area (Å²) in [4.78, 5) is 23.0. The Morgan fingerprint density at radius 1 is 1.38 bits per heavy atom. The van der Waals surface area contributed by atoms with Crippen LogP contribution in [0.1, 0.15) is 18.5 Å². The molecule has 2 atom stereocenters. The van der Waals surface area contributed by atoms with Crippen LogP contribution in [0.4, 0.5) is 5.82 Å². The molecule has 3 rings (SSSR count). The number of hydrogen-bond donors (Lipinski definition) is 1. The van der Waals surface area contributed by atoms with E-state index in [9.17, 15) is 4.79 Å². The third-order valence-electron chi connectivity index (χ3n) is 4.13. The molecule has 6 nitrogen and oxygen atoms in total. The molecule has 0 radical (unpaired) electrons. The second kappa shape index (κ2) is 8.52. The molecule has 1 N–H and O–H groups in total. The molecule has 26 heavy (non-hydrogen) atoms. The lowest BCUT2D eigenvalue weighted by atomic mass is 10.1. The second-order valence-electron chi connectivity index (χ2n) is 5.88. The fourth-order valence-electron chi connectivity index (χ4n) is 2.76. The Morgan fingerprint density at radius 3 is 2.85 bits per heavy atom. The summed E-state index contributed by atoms with van der Waals surface area (Å²) in [6.45, 7) is 3.23. The third-order valence-corrected chi connectivity index (χ3v) is 5.12. The zero-order chi connectivity index (χ0) is 18.7. The number of nitrogens with zero attached hydrogens (tertiary/aromatic N) is 3. The molecular weight excluding hydrogens is 443 g/mol. The summed E-state index contributed by atoms with van der Waals surface area (Å²) in [5.74, 6) is 0.432. The molecule has 1 aromatic heterocycles. The molecule has 1 fully saturated rings. The van der Waals surface area contributed by atoms with Gasteiger partial charge in [0.15, 0.2) is 0 Å². The van der Waals surface area contributed by atoms with Crippen LogP contribution < -0.4 is 10.2 Å². The number of anilines is 1. The van der Waals surface area contributed by atoms with Crippen LogP contribution in [0.25, 0.3) is 0 Å². The lowest BCUT2D eigenvalue weighted by molar-refractivity contribution is -0.125. The number of carbonyl (C=O) groups excluding carboxylic acids is 1. The average molecular weight is 460 g/mol. The molecule has 0 spiro atoms. The summed E-state index contributed by atoms with van der Waals surface area (Å²) in [5.41, 5.74) is 0.970. The van der Waals surface area contributed by atoms with E-state index in [0.29, 0.717) is 28.5 Å². The Morgan fingerprint density at radius 2 is 2.12 bits per heavy atom. The van der Waals surface area contributed by atoms with Crippen LogP contribution in [0.3, 0.4) is 0 Å². The maximum Gasteiger partial charge on any atom is 0.245 e. The van der Waals surface area contributed by atoms with E-state index in [1.54, 1.807) is 18.3 Å². The normalized spacial score (nSPS) is 18.5. The van der Waals surface area contributed by atoms with E-state index in [1.165, 1.54) is 0 Å². The van der Waals surface area contributed by atoms with E-state index in [1.807, 2.05) is 24.0 Å². The lowest BCUT2D eigenvalue weighted by Gasteiger charge is -2.36. The summed E-state index contributed by atoms with van der Waals surface area (Å²) in [5, 5.41) is 3.81. The van der Waals surface area contributed by atoms with Crippen molar-refractivity contribution in [2.24, 2.45) is 0 Å². The maximum atomic E-state index is 12.9. The van der Waals surface area contributed by atoms with Crippen LogP contribution >= 0.6 is 39.1 Å². The highest BCUT2D eigenvalue weighted by Crippen LogP contribution is 2.27. The first-order valence-corrected chi connectivity index (χ1v) is 9.59. The van der Waals surface area contributed by atoms with Crippen molar-refractivity contribution in [3.8, 4) is 0 Å². The van der Waals surface area contributed by atoms with Crippen molar-refractivity contribution >= 4 is 50.9 Å². The van der Waals surface area contributed by atoms with Crippen molar-refractivity contribution in [3.63, 3.8) is 0 Å². The number of aromatic nitrogens is 2. The molecule has 0 saturated carbocycles. The van der Waals surface area contributed by atoms with E-state index >= 15 is 0 Å². The number of ether oxygens (including phenoxy) is 1. The molecule has 138 valence electrons. The summed E-state index contributed by atoms with van der Waals surface area (Å²) < 4.78 is 6.19. The van der Waals surface area contributed by atoms with Crippen LogP contribution in [0.15, 0.2) is 34.9 Å². The number of nitrogens with one attached hydrogen (secondary N) is 1. The number of amides is 1. The van der Waals surface area contributed by atoms with Gasteiger partial charge in [0.1, 0.15) is 11.9 Å². The second-order valence-corrected chi connectivity index (χ2v) is 7.51. The van der Waals surface area contributed by atoms with Crippen LogP contribution in [0.5, 0.6) is 0 Å². The van der Waals surface area contributed by atoms with Gasteiger partial charge in [-0.1, -0.05) is 23.7 Å². The molecular formula is C17H17BrCl2N4O2. The highest BCUT2D eigenvalue weighted by molar-refractivity contribution is 9.10. The predicted octanol–water partition coefficient (Wildman–Crippen LogP) is 3.63. The van der Waals surface area contributed by atoms with Crippen LogP contribution in [0.2, 0.25) is 10.3 Å². The van der Waals surface area contributed by atoms with Crippen molar-refractivity contribution in [2.45, 2.75) is 19.0 Å². The molecule has 2 aromatic rings. The number of halogens is 3. The van der Waals surface area contributed by atoms with Crippen molar-refractivity contribution in [1.29, 1.82) is 0 Å². The van der Waals surface area contributed by atoms with Gasteiger partial charge in [-0.15, -0.1) is 0 Å². The number of benzene rings is 1. The van der Waals surface area contributed by atoms with E-state index in [0.717, 1.165) is 5.56 Å². The fraction of sp³-hybridized carbons (Fsp3) is 0.353. The zero-order valence-corrected chi connectivity index (χ0v) is 17.1. The number of morpholine rings is 1. The van der Waals surface area contributed by atoms with Gasteiger partial charge < -0.3 is 15.0 Å². The molecule has 1 aromatic carbocycles. The summed E-state index contributed by atoms with van der Waals surface area (Å²) in [6.07, 6.45) is 1.57. The largest absolute Gasteiger partial charge is 0.377 e. The SMILES string of the molecule is C[C@@H](NC(=O)C1COCCN1c1nc(Cl)ncc1Br)c1ccc(Cl)cc1. The van der Waals surface area contributed by atoms with Crippen LogP contribution in [0, 0.1) is 0 Å². The molecule has 1 unspecified atom stereocenters. The van der Waals surface area contributed by atoms with Gasteiger partial charge in [-0.05, 0) is 52.2 Å². The van der Waals surface area contributed by atoms with Gasteiger partial charge in [0.25, 0.3) is 0 Å². The van der Waals surface area contributed by atoms with Crippen molar-refractivity contribution < 1.29 is 9.53 Å². The van der Waals surface area contributed by atoms with E-state index in [4.69, 9.17) is 27.9 Å². The van der Waals surface area contributed by atoms with Crippen molar-refractivity contribution in [3.05, 3.63) is 50.8 Å². The van der Waals surface area contributed by atoms with E-state index in [-0.39, 0.29) is 23.8 Å². The van der Waals surface area contributed by atoms with Gasteiger partial charge in [0.2, 0.25) is 11.2 Å². The molecule has 1 amide bonds. The molecule has 1 aliphatic rings. The highest BCUT2D eigenvalue weighted by Gasteiger charge is 2.32. The number of hydrogen-bond acceptors (Lipinski definition) is 5. The topological polar surface area (TPSA) is 67.3 Å². The molecule has 2 heterocycles. The first-order valence-electron chi connectivity index (χ1n) is 8.04. The van der Waals surface area contributed by atoms with E-state index in [2.05, 4.69) is 31.2 Å². The van der Waals surface area contributed by atoms with Crippen molar-refractivity contribution in [2.75, 3.05) is 24.7 Å². The standard InChI is InChI=1S/C17H17BrCl2N4O2/c1-10(11-2-4-12(19)5-3-11)22-16(25)14-9-26-7-6-24(14)15-13(18)8-21-17(20)23-15/h2-5,8,10,14H,6-7,9H2,1H3,(H,22,25)/t10-,14?/m1/s1. The summed E-state index contributed by atoms with van der Waals surface area (Å²) in [6, 6.07) is 6.71. The molecule has 1 saturated heterocycles. The Kier molecular flexibility index (Phi) is 6.34. The van der Waals surface area contributed by atoms with E-state index < -0.39 is 6.04 Å². The van der Waals surface area contributed by atoms with Gasteiger partial charge in [-0.2, -0.15) is 4.98 Å². The molecule has 1 aliphatic heterocycles. The average Bonchev–Trinajstić information content (AvgIpc) is 2.64. The number of carbonyl (C=O) groups is 1. The first-order chi connectivity index (χ1) is 12.5. The Balaban J connectivity index is 1.77. The Bertz CT molecular complexity index is 791. The van der Waals surface area contributed by atoms with Gasteiger partial charge in [0, 0.05) is 17.8 Å². The van der Waals surface area contributed by atoms with Gasteiger partial charge in [0.05, 0.1) is 23.7 Å². The minimum absolute atomic E-state index is 0.128. The highest BCUT2D eigenvalue weighted by atomic mass is 79.9. The Labute approximate surface area is 170 Å². The van der Waals surface area contributed by atoms with Crippen LogP contribution in [-0.2, 0) is 9.53 Å². The minimum atomic E-state index is -0.513. The number of rotatable bonds is 4. The Hall–Kier alpha value is -1.41. The lowest BCUT2D eigenvalue weighted by Crippen LogP contribution is -2.54. The van der Waals surface area contributed by atoms with Gasteiger partial charge in [-0.3, -0.25) is 4.79 Å². The zero-order valence-electron chi connectivity index (χ0n) is 14.0. The van der Waals surface area contributed by atoms with Gasteiger partial charge in [-0.25, -0.2) is 4.98 Å². The molecule has 0 aliphatic carbocycles. The van der Waals surface area contributed by atoms with Crippen LogP contribution in [-0.4, -0.2) is 41.7 Å². The van der Waals surface area contributed by atoms with Crippen molar-refractivity contribution in [1.82, 2.24) is 15.3 Å². The molecule has 0 bridgehead atoms. The monoisotopic (exact) mass is 458 g/mol. The summed E-state index contributed by atoms with van der Waals surface area (Å²) in [7, 11) is 0.